The zero-order valence-corrected chi connectivity index (χ0v) is 16.3. The van der Waals surface area contributed by atoms with Crippen LogP contribution in [-0.2, 0) is 27.4 Å². The fraction of sp³-hybridized carbons (Fsp3) is 0.600. The van der Waals surface area contributed by atoms with Crippen LogP contribution in [0.5, 0.6) is 0 Å². The van der Waals surface area contributed by atoms with Gasteiger partial charge < -0.3 is 19.2 Å². The van der Waals surface area contributed by atoms with Crippen molar-refractivity contribution in [3.8, 4) is 0 Å². The summed E-state index contributed by atoms with van der Waals surface area (Å²) < 4.78 is 18.2. The number of ether oxygens (including phenoxy) is 2. The number of carbonyl (C=O) groups is 1. The number of hydrogen-bond acceptors (Lipinski definition) is 6. The highest BCUT2D eigenvalue weighted by atomic mass is 16.5. The molecule has 0 aromatic carbocycles. The number of nitrogens with zero attached hydrogens (tertiary/aromatic N) is 3. The van der Waals surface area contributed by atoms with Crippen molar-refractivity contribution in [3.05, 3.63) is 35.9 Å². The fourth-order valence-corrected chi connectivity index (χ4v) is 3.94. The lowest BCUT2D eigenvalue weighted by molar-refractivity contribution is -0.119. The van der Waals surface area contributed by atoms with Gasteiger partial charge in [-0.3, -0.25) is 9.69 Å². The number of hydrogen-bond donors (Lipinski definition) is 1. The standard InChI is InChI=1S/C20H28N4O4/c1-26-14-18-3-2-17(28-18)12-23-9-5-16(6-10-23)24-19(4-8-21-24)22-20(25)15-7-11-27-13-15/h2-4,8,15-16H,5-7,9-14H2,1H3,(H,22,25)/t15-/m0/s1. The molecule has 8 nitrogen and oxygen atoms in total. The lowest BCUT2D eigenvalue weighted by Gasteiger charge is -2.32. The maximum absolute atomic E-state index is 12.4. The van der Waals surface area contributed by atoms with Crippen LogP contribution in [0.1, 0.15) is 36.8 Å². The molecule has 2 aliphatic rings. The van der Waals surface area contributed by atoms with Crippen LogP contribution < -0.4 is 5.32 Å². The summed E-state index contributed by atoms with van der Waals surface area (Å²) in [5, 5.41) is 7.51. The van der Waals surface area contributed by atoms with Crippen LogP contribution in [-0.4, -0.2) is 54.0 Å². The molecular weight excluding hydrogens is 360 g/mol. The monoisotopic (exact) mass is 388 g/mol. The molecule has 1 amide bonds. The van der Waals surface area contributed by atoms with E-state index in [9.17, 15) is 4.79 Å². The van der Waals surface area contributed by atoms with Gasteiger partial charge in [-0.25, -0.2) is 4.68 Å². The molecule has 2 fully saturated rings. The van der Waals surface area contributed by atoms with Crippen LogP contribution in [0.3, 0.4) is 0 Å². The highest BCUT2D eigenvalue weighted by Gasteiger charge is 2.27. The van der Waals surface area contributed by atoms with E-state index >= 15 is 0 Å². The first-order valence-electron chi connectivity index (χ1n) is 9.94. The van der Waals surface area contributed by atoms with E-state index in [0.717, 1.165) is 56.2 Å². The molecule has 0 unspecified atom stereocenters. The van der Waals surface area contributed by atoms with Crippen molar-refractivity contribution >= 4 is 11.7 Å². The number of amides is 1. The molecule has 0 spiro atoms. The molecule has 8 heteroatoms. The Morgan fingerprint density at radius 3 is 2.82 bits per heavy atom. The predicted molar refractivity (Wildman–Crippen MR) is 103 cm³/mol. The summed E-state index contributed by atoms with van der Waals surface area (Å²) in [5.74, 6) is 2.58. The molecule has 4 heterocycles. The number of furan rings is 1. The van der Waals surface area contributed by atoms with Crippen LogP contribution in [0.2, 0.25) is 0 Å². The third kappa shape index (κ3) is 4.45. The third-order valence-corrected chi connectivity index (χ3v) is 5.51. The molecule has 2 aromatic rings. The van der Waals surface area contributed by atoms with E-state index in [-0.39, 0.29) is 11.8 Å². The Labute approximate surface area is 164 Å². The Balaban J connectivity index is 1.30. The smallest absolute Gasteiger partial charge is 0.231 e. The molecule has 2 aliphatic heterocycles. The van der Waals surface area contributed by atoms with Crippen LogP contribution in [0.25, 0.3) is 0 Å². The van der Waals surface area contributed by atoms with Gasteiger partial charge in [-0.15, -0.1) is 0 Å². The first-order valence-corrected chi connectivity index (χ1v) is 9.94. The minimum absolute atomic E-state index is 0.0290. The van der Waals surface area contributed by atoms with Gasteiger partial charge in [-0.1, -0.05) is 0 Å². The van der Waals surface area contributed by atoms with Crippen LogP contribution >= 0.6 is 0 Å². The number of aromatic nitrogens is 2. The molecule has 0 bridgehead atoms. The highest BCUT2D eigenvalue weighted by Crippen LogP contribution is 2.27. The van der Waals surface area contributed by atoms with E-state index < -0.39 is 0 Å². The van der Waals surface area contributed by atoms with Crippen LogP contribution in [0, 0.1) is 5.92 Å². The molecule has 4 rings (SSSR count). The third-order valence-electron chi connectivity index (χ3n) is 5.51. The van der Waals surface area contributed by atoms with Gasteiger partial charge in [0.1, 0.15) is 23.9 Å². The Kier molecular flexibility index (Phi) is 6.09. The van der Waals surface area contributed by atoms with Gasteiger partial charge in [0.05, 0.1) is 31.3 Å². The maximum Gasteiger partial charge on any atom is 0.231 e. The van der Waals surface area contributed by atoms with Gasteiger partial charge in [0.2, 0.25) is 5.91 Å². The molecule has 1 atom stereocenters. The first kappa shape index (κ1) is 19.2. The largest absolute Gasteiger partial charge is 0.462 e. The quantitative estimate of drug-likeness (QED) is 0.785. The minimum atomic E-state index is -0.0542. The average molecular weight is 388 g/mol. The highest BCUT2D eigenvalue weighted by molar-refractivity contribution is 5.92. The Morgan fingerprint density at radius 1 is 1.25 bits per heavy atom. The SMILES string of the molecule is COCc1ccc(CN2CCC(n3nccc3NC(=O)[C@H]3CCOC3)CC2)o1. The second-order valence-corrected chi connectivity index (χ2v) is 7.52. The average Bonchev–Trinajstić information content (AvgIpc) is 3.45. The normalized spacial score (nSPS) is 21.2. The van der Waals surface area contributed by atoms with E-state index in [4.69, 9.17) is 13.9 Å². The van der Waals surface area contributed by atoms with Crippen molar-refractivity contribution in [2.24, 2.45) is 5.92 Å². The summed E-state index contributed by atoms with van der Waals surface area (Å²) in [5.41, 5.74) is 0. The van der Waals surface area contributed by atoms with E-state index in [2.05, 4.69) is 15.3 Å². The van der Waals surface area contributed by atoms with Crippen molar-refractivity contribution in [2.75, 3.05) is 38.7 Å². The second kappa shape index (κ2) is 8.89. The van der Waals surface area contributed by atoms with Gasteiger partial charge in [0.25, 0.3) is 0 Å². The maximum atomic E-state index is 12.4. The summed E-state index contributed by atoms with van der Waals surface area (Å²) in [6.45, 7) is 4.42. The van der Waals surface area contributed by atoms with Crippen molar-refractivity contribution in [3.63, 3.8) is 0 Å². The zero-order chi connectivity index (χ0) is 19.3. The van der Waals surface area contributed by atoms with Crippen LogP contribution in [0.15, 0.2) is 28.8 Å². The molecule has 2 aromatic heterocycles. The van der Waals surface area contributed by atoms with Crippen molar-refractivity contribution < 1.29 is 18.7 Å². The number of rotatable bonds is 7. The molecule has 2 saturated heterocycles. The van der Waals surface area contributed by atoms with E-state index in [0.29, 0.717) is 25.9 Å². The van der Waals surface area contributed by atoms with Gasteiger partial charge in [0, 0.05) is 32.9 Å². The Morgan fingerprint density at radius 2 is 2.07 bits per heavy atom. The predicted octanol–water partition coefficient (Wildman–Crippen LogP) is 2.43. The molecule has 1 N–H and O–H groups in total. The number of methoxy groups -OCH3 is 1. The molecular formula is C20H28N4O4. The summed E-state index contributed by atoms with van der Waals surface area (Å²) >= 11 is 0. The van der Waals surface area contributed by atoms with Gasteiger partial charge in [0.15, 0.2) is 0 Å². The summed E-state index contributed by atoms with van der Waals surface area (Å²) in [6.07, 6.45) is 4.52. The lowest BCUT2D eigenvalue weighted by Crippen LogP contribution is -2.35. The second-order valence-electron chi connectivity index (χ2n) is 7.52. The molecule has 0 saturated carbocycles. The van der Waals surface area contributed by atoms with E-state index in [1.165, 1.54) is 0 Å². The number of carbonyl (C=O) groups excluding carboxylic acids is 1. The first-order chi connectivity index (χ1) is 13.7. The lowest BCUT2D eigenvalue weighted by atomic mass is 10.0. The van der Waals surface area contributed by atoms with Crippen molar-refractivity contribution in [1.82, 2.24) is 14.7 Å². The number of anilines is 1. The van der Waals surface area contributed by atoms with E-state index in [1.807, 2.05) is 22.9 Å². The fourth-order valence-electron chi connectivity index (χ4n) is 3.94. The minimum Gasteiger partial charge on any atom is -0.462 e. The number of nitrogens with one attached hydrogen (secondary N) is 1. The number of piperidine rings is 1. The van der Waals surface area contributed by atoms with E-state index in [1.54, 1.807) is 13.3 Å². The Bertz CT molecular complexity index is 773. The molecule has 0 aliphatic carbocycles. The summed E-state index contributed by atoms with van der Waals surface area (Å²) in [4.78, 5) is 14.8. The molecule has 0 radical (unpaired) electrons. The summed E-state index contributed by atoms with van der Waals surface area (Å²) in [6, 6.07) is 6.16. The molecule has 28 heavy (non-hydrogen) atoms. The van der Waals surface area contributed by atoms with Crippen molar-refractivity contribution in [2.45, 2.75) is 38.5 Å². The van der Waals surface area contributed by atoms with Crippen LogP contribution in [0.4, 0.5) is 5.82 Å². The topological polar surface area (TPSA) is 81.8 Å². The van der Waals surface area contributed by atoms with Gasteiger partial charge >= 0.3 is 0 Å². The molecule has 152 valence electrons. The van der Waals surface area contributed by atoms with Crippen molar-refractivity contribution in [1.29, 1.82) is 0 Å². The zero-order valence-electron chi connectivity index (χ0n) is 16.3. The van der Waals surface area contributed by atoms with Gasteiger partial charge in [-0.05, 0) is 31.4 Å². The Hall–Kier alpha value is -2.16. The number of likely N-dealkylation sites (tertiary alicyclic amines) is 1. The summed E-state index contributed by atoms with van der Waals surface area (Å²) in [7, 11) is 1.67. The van der Waals surface area contributed by atoms with Gasteiger partial charge in [-0.2, -0.15) is 5.10 Å².